The minimum atomic E-state index is -2.56. The Morgan fingerprint density at radius 2 is 1.28 bits per heavy atom. The van der Waals surface area contributed by atoms with Crippen LogP contribution in [0.2, 0.25) is 0 Å². The number of hydrogen-bond donors (Lipinski definition) is 4. The second kappa shape index (κ2) is 13.6. The molecule has 0 saturated carbocycles. The third-order valence-corrected chi connectivity index (χ3v) is 4.15. The van der Waals surface area contributed by atoms with Gasteiger partial charge in [0, 0.05) is 6.54 Å². The molecular weight excluding hydrogens is 326 g/mol. The zero-order valence-corrected chi connectivity index (χ0v) is 15.3. The number of carboxylic acid groups (broad SMARTS) is 2. The van der Waals surface area contributed by atoms with Crippen molar-refractivity contribution in [3.05, 3.63) is 0 Å². The highest BCUT2D eigenvalue weighted by Gasteiger charge is 2.40. The number of carboxylic acids is 2. The van der Waals surface area contributed by atoms with E-state index in [1.54, 1.807) is 0 Å². The summed E-state index contributed by atoms with van der Waals surface area (Å²) in [5.41, 5.74) is -2.56. The van der Waals surface area contributed by atoms with Crippen LogP contribution in [-0.2, 0) is 14.4 Å². The minimum absolute atomic E-state index is 0.401. The van der Waals surface area contributed by atoms with E-state index < -0.39 is 36.3 Å². The van der Waals surface area contributed by atoms with Crippen LogP contribution >= 0.6 is 0 Å². The lowest BCUT2D eigenvalue weighted by molar-refractivity contribution is -0.167. The number of rotatable bonds is 16. The van der Waals surface area contributed by atoms with Crippen LogP contribution in [0.5, 0.6) is 0 Å². The molecule has 0 heterocycles. The van der Waals surface area contributed by atoms with Gasteiger partial charge in [-0.05, 0) is 6.42 Å². The Bertz CT molecular complexity index is 412. The number of aliphatic hydroxyl groups is 1. The van der Waals surface area contributed by atoms with Crippen LogP contribution in [-0.4, -0.2) is 45.3 Å². The Labute approximate surface area is 149 Å². The van der Waals surface area contributed by atoms with Crippen molar-refractivity contribution in [2.24, 2.45) is 0 Å². The summed E-state index contributed by atoms with van der Waals surface area (Å²) in [6, 6.07) is 0. The minimum Gasteiger partial charge on any atom is -0.481 e. The van der Waals surface area contributed by atoms with Crippen LogP contribution < -0.4 is 5.32 Å². The van der Waals surface area contributed by atoms with Crippen LogP contribution in [0.4, 0.5) is 0 Å². The Hall–Kier alpha value is -1.63. The second-order valence-electron chi connectivity index (χ2n) is 6.62. The molecule has 7 nitrogen and oxygen atoms in total. The molecule has 0 aliphatic rings. The first kappa shape index (κ1) is 23.4. The van der Waals surface area contributed by atoms with Crippen LogP contribution in [0.1, 0.15) is 84.0 Å². The molecule has 0 aliphatic carbocycles. The van der Waals surface area contributed by atoms with E-state index in [4.69, 9.17) is 10.2 Å². The zero-order valence-electron chi connectivity index (χ0n) is 15.3. The molecule has 0 radical (unpaired) electrons. The summed E-state index contributed by atoms with van der Waals surface area (Å²) in [5.74, 6) is -3.82. The highest BCUT2D eigenvalue weighted by atomic mass is 16.4. The van der Waals surface area contributed by atoms with Gasteiger partial charge in [-0.15, -0.1) is 0 Å². The predicted molar refractivity (Wildman–Crippen MR) is 94.3 cm³/mol. The molecule has 0 rings (SSSR count). The third-order valence-electron chi connectivity index (χ3n) is 4.15. The first-order valence-corrected chi connectivity index (χ1v) is 9.26. The van der Waals surface area contributed by atoms with E-state index in [-0.39, 0.29) is 0 Å². The Morgan fingerprint density at radius 1 is 0.800 bits per heavy atom. The highest BCUT2D eigenvalue weighted by molar-refractivity contribution is 5.90. The molecule has 0 aromatic carbocycles. The first-order chi connectivity index (χ1) is 11.8. The predicted octanol–water partition coefficient (Wildman–Crippen LogP) is 2.70. The number of carbonyl (C=O) groups excluding carboxylic acids is 1. The van der Waals surface area contributed by atoms with Gasteiger partial charge in [-0.25, -0.2) is 4.79 Å². The Balaban J connectivity index is 3.72. The van der Waals surface area contributed by atoms with Gasteiger partial charge >= 0.3 is 11.9 Å². The van der Waals surface area contributed by atoms with Crippen LogP contribution in [0.3, 0.4) is 0 Å². The molecule has 0 unspecified atom stereocenters. The van der Waals surface area contributed by atoms with E-state index in [1.165, 1.54) is 44.9 Å². The number of nitrogens with one attached hydrogen (secondary N) is 1. The molecule has 146 valence electrons. The van der Waals surface area contributed by atoms with Crippen LogP contribution in [0.15, 0.2) is 0 Å². The van der Waals surface area contributed by atoms with Crippen molar-refractivity contribution in [3.63, 3.8) is 0 Å². The zero-order chi connectivity index (χ0) is 19.1. The maximum Gasteiger partial charge on any atom is 0.336 e. The molecule has 0 aliphatic heterocycles. The van der Waals surface area contributed by atoms with Gasteiger partial charge in [-0.2, -0.15) is 0 Å². The summed E-state index contributed by atoms with van der Waals surface area (Å²) in [4.78, 5) is 33.2. The van der Waals surface area contributed by atoms with Crippen molar-refractivity contribution in [1.29, 1.82) is 0 Å². The topological polar surface area (TPSA) is 124 Å². The van der Waals surface area contributed by atoms with E-state index in [2.05, 4.69) is 12.2 Å². The van der Waals surface area contributed by atoms with Gasteiger partial charge < -0.3 is 20.6 Å². The molecule has 1 atom stereocenters. The molecular formula is C18H33NO6. The summed E-state index contributed by atoms with van der Waals surface area (Å²) in [6.45, 7) is 2.60. The van der Waals surface area contributed by atoms with Gasteiger partial charge in [0.15, 0.2) is 5.60 Å². The van der Waals surface area contributed by atoms with Gasteiger partial charge in [-0.1, -0.05) is 64.7 Å². The first-order valence-electron chi connectivity index (χ1n) is 9.26. The lowest BCUT2D eigenvalue weighted by atomic mass is 9.95. The summed E-state index contributed by atoms with van der Waals surface area (Å²) in [7, 11) is 0. The molecule has 0 spiro atoms. The van der Waals surface area contributed by atoms with Gasteiger partial charge in [0.05, 0.1) is 12.8 Å². The van der Waals surface area contributed by atoms with Gasteiger partial charge in [0.2, 0.25) is 5.91 Å². The Morgan fingerprint density at radius 3 is 1.72 bits per heavy atom. The fourth-order valence-corrected chi connectivity index (χ4v) is 2.63. The molecule has 0 bridgehead atoms. The highest BCUT2D eigenvalue weighted by Crippen LogP contribution is 2.16. The average Bonchev–Trinajstić information content (AvgIpc) is 2.51. The van der Waals surface area contributed by atoms with Gasteiger partial charge in [-0.3, -0.25) is 9.59 Å². The van der Waals surface area contributed by atoms with Gasteiger partial charge in [0.1, 0.15) is 0 Å². The molecule has 0 aromatic heterocycles. The molecule has 25 heavy (non-hydrogen) atoms. The van der Waals surface area contributed by atoms with Crippen molar-refractivity contribution in [1.82, 2.24) is 5.32 Å². The SMILES string of the molecule is CCCCCCCCCCCCNC(=O)C[C@@](O)(CC(=O)O)C(=O)O. The molecule has 7 heteroatoms. The fraction of sp³-hybridized carbons (Fsp3) is 0.833. The Kier molecular flexibility index (Phi) is 12.7. The van der Waals surface area contributed by atoms with Crippen molar-refractivity contribution >= 4 is 17.8 Å². The van der Waals surface area contributed by atoms with Crippen molar-refractivity contribution in [2.75, 3.05) is 6.54 Å². The monoisotopic (exact) mass is 359 g/mol. The number of carbonyl (C=O) groups is 3. The summed E-state index contributed by atoms with van der Waals surface area (Å²) >= 11 is 0. The molecule has 4 N–H and O–H groups in total. The van der Waals surface area contributed by atoms with Crippen molar-refractivity contribution < 1.29 is 29.7 Å². The molecule has 0 fully saturated rings. The summed E-state index contributed by atoms with van der Waals surface area (Å²) in [6.07, 6.45) is 9.96. The van der Waals surface area contributed by atoms with Crippen LogP contribution in [0, 0.1) is 0 Å². The lowest BCUT2D eigenvalue weighted by Gasteiger charge is -2.20. The standard InChI is InChI=1S/C18H33NO6/c1-2-3-4-5-6-7-8-9-10-11-12-19-15(20)13-18(25,17(23)24)14-16(21)22/h25H,2-14H2,1H3,(H,19,20)(H,21,22)(H,23,24)/t18-/m1/s1. The maximum absolute atomic E-state index is 11.7. The third kappa shape index (κ3) is 12.4. The molecule has 1 amide bonds. The number of hydrogen-bond acceptors (Lipinski definition) is 4. The summed E-state index contributed by atoms with van der Waals surface area (Å²) < 4.78 is 0. The lowest BCUT2D eigenvalue weighted by Crippen LogP contribution is -2.45. The van der Waals surface area contributed by atoms with E-state index in [1.807, 2.05) is 0 Å². The average molecular weight is 359 g/mol. The normalized spacial score (nSPS) is 13.2. The number of unbranched alkanes of at least 4 members (excludes halogenated alkanes) is 9. The summed E-state index contributed by atoms with van der Waals surface area (Å²) in [5, 5.41) is 29.8. The second-order valence-corrected chi connectivity index (χ2v) is 6.62. The molecule has 0 saturated heterocycles. The quantitative estimate of drug-likeness (QED) is 0.314. The fourth-order valence-electron chi connectivity index (χ4n) is 2.63. The smallest absolute Gasteiger partial charge is 0.336 e. The van der Waals surface area contributed by atoms with Crippen molar-refractivity contribution in [3.8, 4) is 0 Å². The van der Waals surface area contributed by atoms with E-state index in [0.29, 0.717) is 6.54 Å². The molecule has 0 aromatic rings. The van der Waals surface area contributed by atoms with E-state index >= 15 is 0 Å². The number of aliphatic carboxylic acids is 2. The van der Waals surface area contributed by atoms with E-state index in [0.717, 1.165) is 19.3 Å². The largest absolute Gasteiger partial charge is 0.481 e. The number of amides is 1. The van der Waals surface area contributed by atoms with Crippen molar-refractivity contribution in [2.45, 2.75) is 89.6 Å². The van der Waals surface area contributed by atoms with Gasteiger partial charge in [0.25, 0.3) is 0 Å². The van der Waals surface area contributed by atoms with E-state index in [9.17, 15) is 19.5 Å². The van der Waals surface area contributed by atoms with Crippen LogP contribution in [0.25, 0.3) is 0 Å². The maximum atomic E-state index is 11.7.